The van der Waals surface area contributed by atoms with Crippen molar-refractivity contribution in [2.75, 3.05) is 6.54 Å². The second-order valence-electron chi connectivity index (χ2n) is 5.16. The minimum atomic E-state index is 0.494. The molecule has 90 valence electrons. The standard InChI is InChI=1S/C15H19NS/c1-10-13-5-3-4-6-14(13)17-15(10)11(2)16-9-12-7-8-12/h3-6,11-12,16H,7-9H2,1-2H3. The van der Waals surface area contributed by atoms with Crippen LogP contribution in [0.1, 0.15) is 36.2 Å². The highest BCUT2D eigenvalue weighted by Crippen LogP contribution is 2.35. The van der Waals surface area contributed by atoms with Crippen molar-refractivity contribution in [2.45, 2.75) is 32.7 Å². The molecule has 2 heteroatoms. The van der Waals surface area contributed by atoms with E-state index in [1.807, 2.05) is 11.3 Å². The molecule has 1 atom stereocenters. The molecular formula is C15H19NS. The molecule has 2 aromatic rings. The molecule has 0 radical (unpaired) electrons. The fourth-order valence-corrected chi connectivity index (χ4v) is 3.60. The van der Waals surface area contributed by atoms with Crippen LogP contribution in [-0.2, 0) is 0 Å². The van der Waals surface area contributed by atoms with Crippen LogP contribution in [0.3, 0.4) is 0 Å². The predicted molar refractivity (Wildman–Crippen MR) is 75.7 cm³/mol. The van der Waals surface area contributed by atoms with Gasteiger partial charge in [0.1, 0.15) is 0 Å². The molecule has 1 N–H and O–H groups in total. The lowest BCUT2D eigenvalue weighted by atomic mass is 10.1. The van der Waals surface area contributed by atoms with Crippen LogP contribution < -0.4 is 5.32 Å². The van der Waals surface area contributed by atoms with E-state index >= 15 is 0 Å². The molecule has 1 fully saturated rings. The van der Waals surface area contributed by atoms with Crippen LogP contribution in [0.15, 0.2) is 24.3 Å². The van der Waals surface area contributed by atoms with Crippen LogP contribution >= 0.6 is 11.3 Å². The largest absolute Gasteiger partial charge is 0.309 e. The molecular weight excluding hydrogens is 226 g/mol. The van der Waals surface area contributed by atoms with E-state index in [9.17, 15) is 0 Å². The maximum Gasteiger partial charge on any atom is 0.0389 e. The summed E-state index contributed by atoms with van der Waals surface area (Å²) >= 11 is 1.94. The molecule has 3 rings (SSSR count). The molecule has 1 saturated carbocycles. The lowest BCUT2D eigenvalue weighted by Gasteiger charge is -2.12. The number of nitrogens with one attached hydrogen (secondary N) is 1. The number of hydrogen-bond acceptors (Lipinski definition) is 2. The van der Waals surface area contributed by atoms with Gasteiger partial charge in [-0.15, -0.1) is 11.3 Å². The Labute approximate surface area is 107 Å². The maximum absolute atomic E-state index is 3.67. The normalized spacial score (nSPS) is 17.5. The molecule has 0 spiro atoms. The Balaban J connectivity index is 1.85. The Kier molecular flexibility index (Phi) is 2.93. The van der Waals surface area contributed by atoms with Crippen molar-refractivity contribution in [3.63, 3.8) is 0 Å². The predicted octanol–water partition coefficient (Wildman–Crippen LogP) is 4.27. The van der Waals surface area contributed by atoms with Crippen LogP contribution in [0.25, 0.3) is 10.1 Å². The van der Waals surface area contributed by atoms with Crippen LogP contribution in [0.5, 0.6) is 0 Å². The number of aryl methyl sites for hydroxylation is 1. The summed E-state index contributed by atoms with van der Waals surface area (Å²) in [5.74, 6) is 0.951. The van der Waals surface area contributed by atoms with E-state index in [4.69, 9.17) is 0 Å². The third kappa shape index (κ3) is 2.24. The van der Waals surface area contributed by atoms with Gasteiger partial charge in [0.2, 0.25) is 0 Å². The molecule has 1 heterocycles. The number of fused-ring (bicyclic) bond motifs is 1. The first-order valence-electron chi connectivity index (χ1n) is 6.47. The van der Waals surface area contributed by atoms with E-state index in [1.165, 1.54) is 39.9 Å². The van der Waals surface area contributed by atoms with Gasteiger partial charge in [-0.2, -0.15) is 0 Å². The zero-order valence-electron chi connectivity index (χ0n) is 10.5. The fourth-order valence-electron chi connectivity index (χ4n) is 2.36. The smallest absolute Gasteiger partial charge is 0.0389 e. The molecule has 17 heavy (non-hydrogen) atoms. The second-order valence-corrected chi connectivity index (χ2v) is 6.24. The maximum atomic E-state index is 3.67. The minimum Gasteiger partial charge on any atom is -0.309 e. The average Bonchev–Trinajstić information content (AvgIpc) is 3.11. The molecule has 0 bridgehead atoms. The molecule has 1 aromatic heterocycles. The van der Waals surface area contributed by atoms with Crippen molar-refractivity contribution in [1.29, 1.82) is 0 Å². The Bertz CT molecular complexity index is 525. The summed E-state index contributed by atoms with van der Waals surface area (Å²) in [6.07, 6.45) is 2.84. The highest BCUT2D eigenvalue weighted by molar-refractivity contribution is 7.19. The van der Waals surface area contributed by atoms with Gasteiger partial charge >= 0.3 is 0 Å². The summed E-state index contributed by atoms with van der Waals surface area (Å²) in [6.45, 7) is 5.73. The van der Waals surface area contributed by atoms with Gasteiger partial charge in [-0.1, -0.05) is 18.2 Å². The van der Waals surface area contributed by atoms with Gasteiger partial charge in [-0.3, -0.25) is 0 Å². The van der Waals surface area contributed by atoms with Gasteiger partial charge in [0.15, 0.2) is 0 Å². The zero-order chi connectivity index (χ0) is 11.8. The van der Waals surface area contributed by atoms with Gasteiger partial charge in [0.25, 0.3) is 0 Å². The first-order chi connectivity index (χ1) is 8.25. The van der Waals surface area contributed by atoms with Crippen molar-refractivity contribution in [2.24, 2.45) is 5.92 Å². The number of rotatable bonds is 4. The molecule has 0 aliphatic heterocycles. The van der Waals surface area contributed by atoms with Crippen molar-refractivity contribution >= 4 is 21.4 Å². The van der Waals surface area contributed by atoms with Gasteiger partial charge in [0.05, 0.1) is 0 Å². The van der Waals surface area contributed by atoms with Crippen LogP contribution in [-0.4, -0.2) is 6.54 Å². The van der Waals surface area contributed by atoms with Crippen LogP contribution in [0.2, 0.25) is 0 Å². The number of hydrogen-bond donors (Lipinski definition) is 1. The van der Waals surface area contributed by atoms with E-state index in [-0.39, 0.29) is 0 Å². The number of thiophene rings is 1. The van der Waals surface area contributed by atoms with Crippen molar-refractivity contribution in [3.8, 4) is 0 Å². The molecule has 1 aliphatic carbocycles. The molecule has 0 saturated heterocycles. The van der Waals surface area contributed by atoms with Gasteiger partial charge in [-0.05, 0) is 56.2 Å². The van der Waals surface area contributed by atoms with Gasteiger partial charge in [0, 0.05) is 15.6 Å². The van der Waals surface area contributed by atoms with Crippen molar-refractivity contribution in [3.05, 3.63) is 34.7 Å². The van der Waals surface area contributed by atoms with E-state index < -0.39 is 0 Å². The van der Waals surface area contributed by atoms with Gasteiger partial charge < -0.3 is 5.32 Å². The summed E-state index contributed by atoms with van der Waals surface area (Å²) in [6, 6.07) is 9.22. The summed E-state index contributed by atoms with van der Waals surface area (Å²) in [4.78, 5) is 1.51. The van der Waals surface area contributed by atoms with Crippen LogP contribution in [0, 0.1) is 12.8 Å². The SMILES string of the molecule is Cc1c(C(C)NCC2CC2)sc2ccccc12. The Morgan fingerprint density at radius 3 is 2.82 bits per heavy atom. The highest BCUT2D eigenvalue weighted by atomic mass is 32.1. The quantitative estimate of drug-likeness (QED) is 0.848. The second kappa shape index (κ2) is 4.43. The average molecular weight is 245 g/mol. The Morgan fingerprint density at radius 2 is 2.12 bits per heavy atom. The van der Waals surface area contributed by atoms with E-state index in [2.05, 4.69) is 43.4 Å². The van der Waals surface area contributed by atoms with E-state index in [1.54, 1.807) is 0 Å². The first-order valence-corrected chi connectivity index (χ1v) is 7.29. The first kappa shape index (κ1) is 11.2. The van der Waals surface area contributed by atoms with Crippen molar-refractivity contribution in [1.82, 2.24) is 5.32 Å². The molecule has 1 nitrogen and oxygen atoms in total. The lowest BCUT2D eigenvalue weighted by Crippen LogP contribution is -2.20. The third-order valence-corrected chi connectivity index (χ3v) is 5.14. The monoisotopic (exact) mass is 245 g/mol. The highest BCUT2D eigenvalue weighted by Gasteiger charge is 2.22. The van der Waals surface area contributed by atoms with E-state index in [0.29, 0.717) is 6.04 Å². The fraction of sp³-hybridized carbons (Fsp3) is 0.467. The van der Waals surface area contributed by atoms with E-state index in [0.717, 1.165) is 5.92 Å². The van der Waals surface area contributed by atoms with Crippen molar-refractivity contribution < 1.29 is 0 Å². The minimum absolute atomic E-state index is 0.494. The zero-order valence-corrected chi connectivity index (χ0v) is 11.3. The van der Waals surface area contributed by atoms with Gasteiger partial charge in [-0.25, -0.2) is 0 Å². The lowest BCUT2D eigenvalue weighted by molar-refractivity contribution is 0.554. The summed E-state index contributed by atoms with van der Waals surface area (Å²) in [5, 5.41) is 5.10. The summed E-state index contributed by atoms with van der Waals surface area (Å²) < 4.78 is 1.42. The molecule has 1 aromatic carbocycles. The van der Waals surface area contributed by atoms with Crippen LogP contribution in [0.4, 0.5) is 0 Å². The molecule has 1 aliphatic rings. The Morgan fingerprint density at radius 1 is 1.35 bits per heavy atom. The summed E-state index contributed by atoms with van der Waals surface area (Å²) in [7, 11) is 0. The topological polar surface area (TPSA) is 12.0 Å². The third-order valence-electron chi connectivity index (χ3n) is 3.68. The summed E-state index contributed by atoms with van der Waals surface area (Å²) in [5.41, 5.74) is 1.46. The Hall–Kier alpha value is -0.860. The molecule has 1 unspecified atom stereocenters. The number of benzene rings is 1. The molecule has 0 amide bonds.